The summed E-state index contributed by atoms with van der Waals surface area (Å²) in [5.41, 5.74) is 2.92. The van der Waals surface area contributed by atoms with Crippen molar-refractivity contribution < 1.29 is 14.0 Å². The van der Waals surface area contributed by atoms with Gasteiger partial charge in [0.05, 0.1) is 17.3 Å². The molecule has 2 heterocycles. The zero-order valence-electron chi connectivity index (χ0n) is 15.5. The fourth-order valence-corrected chi connectivity index (χ4v) is 5.30. The third-order valence-corrected chi connectivity index (χ3v) is 6.62. The van der Waals surface area contributed by atoms with E-state index in [1.54, 1.807) is 36.4 Å². The van der Waals surface area contributed by atoms with Gasteiger partial charge in [-0.1, -0.05) is 48.5 Å². The van der Waals surface area contributed by atoms with Crippen LogP contribution in [0.5, 0.6) is 0 Å². The van der Waals surface area contributed by atoms with Gasteiger partial charge in [0, 0.05) is 16.0 Å². The Bertz CT molecular complexity index is 1330. The molecule has 6 rings (SSSR count). The van der Waals surface area contributed by atoms with E-state index in [0.29, 0.717) is 21.9 Å². The largest absolute Gasteiger partial charge is 0.308 e. The van der Waals surface area contributed by atoms with Crippen LogP contribution in [0.25, 0.3) is 0 Å². The number of carbonyl (C=O) groups is 2. The number of hydrogen-bond acceptors (Lipinski definition) is 5. The Morgan fingerprint density at radius 1 is 0.833 bits per heavy atom. The molecule has 3 aromatic carbocycles. The number of thioether (sulfide) groups is 1. The van der Waals surface area contributed by atoms with Gasteiger partial charge in [-0.15, -0.1) is 0 Å². The molecule has 0 aromatic heterocycles. The maximum absolute atomic E-state index is 13.7. The molecule has 1 aliphatic carbocycles. The lowest BCUT2D eigenvalue weighted by Gasteiger charge is -2.37. The topological polar surface area (TPSA) is 49.7 Å². The van der Waals surface area contributed by atoms with Crippen LogP contribution in [-0.4, -0.2) is 16.7 Å². The molecule has 0 radical (unpaired) electrons. The molecule has 30 heavy (non-hydrogen) atoms. The van der Waals surface area contributed by atoms with Crippen molar-refractivity contribution in [2.24, 2.45) is 4.99 Å². The molecule has 0 amide bonds. The number of aliphatic imine (C=N–C) groups is 1. The van der Waals surface area contributed by atoms with Gasteiger partial charge in [-0.3, -0.25) is 9.59 Å². The van der Waals surface area contributed by atoms with Crippen LogP contribution >= 0.6 is 11.8 Å². The van der Waals surface area contributed by atoms with Crippen LogP contribution in [0.4, 0.5) is 10.1 Å². The van der Waals surface area contributed by atoms with Crippen molar-refractivity contribution >= 4 is 34.2 Å². The number of benzene rings is 3. The third kappa shape index (κ3) is 2.31. The molecular formula is C24H13FN2O2S. The quantitative estimate of drug-likeness (QED) is 0.553. The molecule has 0 N–H and O–H groups in total. The maximum atomic E-state index is 13.7. The molecule has 6 heteroatoms. The number of hydrogen-bond donors (Lipinski definition) is 0. The SMILES string of the molecule is O=C1C2=C(C(=O)c3ccccc31)C(c1ccc(F)cc1)N1C(=N2)Sc2ccccc21. The highest BCUT2D eigenvalue weighted by atomic mass is 32.2. The predicted molar refractivity (Wildman–Crippen MR) is 113 cm³/mol. The van der Waals surface area contributed by atoms with Crippen molar-refractivity contribution in [3.8, 4) is 0 Å². The second-order valence-corrected chi connectivity index (χ2v) is 8.26. The monoisotopic (exact) mass is 412 g/mol. The van der Waals surface area contributed by atoms with Gasteiger partial charge in [-0.25, -0.2) is 9.38 Å². The average molecular weight is 412 g/mol. The van der Waals surface area contributed by atoms with E-state index < -0.39 is 6.04 Å². The zero-order valence-corrected chi connectivity index (χ0v) is 16.3. The summed E-state index contributed by atoms with van der Waals surface area (Å²) >= 11 is 1.47. The number of halogens is 1. The second kappa shape index (κ2) is 6.24. The van der Waals surface area contributed by atoms with E-state index in [9.17, 15) is 14.0 Å². The normalized spacial score (nSPS) is 19.2. The van der Waals surface area contributed by atoms with Crippen LogP contribution in [0.2, 0.25) is 0 Å². The van der Waals surface area contributed by atoms with E-state index in [0.717, 1.165) is 16.1 Å². The smallest absolute Gasteiger partial charge is 0.212 e. The first-order chi connectivity index (χ1) is 14.6. The summed E-state index contributed by atoms with van der Waals surface area (Å²) in [7, 11) is 0. The minimum absolute atomic E-state index is 0.180. The molecule has 1 atom stereocenters. The van der Waals surface area contributed by atoms with Gasteiger partial charge < -0.3 is 4.90 Å². The molecule has 3 aromatic rings. The van der Waals surface area contributed by atoms with Gasteiger partial charge in [0.1, 0.15) is 11.5 Å². The Hall–Kier alpha value is -3.51. The number of nitrogens with zero attached hydrogens (tertiary/aromatic N) is 2. The molecule has 0 fully saturated rings. The van der Waals surface area contributed by atoms with E-state index in [1.165, 1.54) is 23.9 Å². The van der Waals surface area contributed by atoms with Crippen LogP contribution < -0.4 is 4.90 Å². The summed E-state index contributed by atoms with van der Waals surface area (Å²) in [6.07, 6.45) is 0. The van der Waals surface area contributed by atoms with E-state index >= 15 is 0 Å². The summed E-state index contributed by atoms with van der Waals surface area (Å²) in [6.45, 7) is 0. The van der Waals surface area contributed by atoms with E-state index in [4.69, 9.17) is 0 Å². The van der Waals surface area contributed by atoms with Gasteiger partial charge in [-0.2, -0.15) is 0 Å². The van der Waals surface area contributed by atoms with Gasteiger partial charge in [0.25, 0.3) is 0 Å². The lowest BCUT2D eigenvalue weighted by molar-refractivity contribution is 0.0967. The van der Waals surface area contributed by atoms with E-state index in [-0.39, 0.29) is 23.1 Å². The average Bonchev–Trinajstić information content (AvgIpc) is 3.15. The van der Waals surface area contributed by atoms with Crippen LogP contribution in [0.3, 0.4) is 0 Å². The van der Waals surface area contributed by atoms with Gasteiger partial charge in [-0.05, 0) is 41.6 Å². The van der Waals surface area contributed by atoms with Crippen LogP contribution in [0.1, 0.15) is 32.3 Å². The van der Waals surface area contributed by atoms with Crippen molar-refractivity contribution in [3.05, 3.63) is 107 Å². The summed E-state index contributed by atoms with van der Waals surface area (Å²) < 4.78 is 13.7. The lowest BCUT2D eigenvalue weighted by Crippen LogP contribution is -2.40. The van der Waals surface area contributed by atoms with Crippen molar-refractivity contribution in [1.82, 2.24) is 0 Å². The Balaban J connectivity index is 1.63. The summed E-state index contributed by atoms with van der Waals surface area (Å²) in [5.74, 6) is -0.826. The standard InChI is InChI=1S/C24H13FN2O2S/c25-14-11-9-13(10-12-14)21-19-20(23(29)16-6-2-1-5-15(16)22(19)28)26-24-27(21)17-7-3-4-8-18(17)30-24/h1-12,21H. The molecule has 0 bridgehead atoms. The first-order valence-corrected chi connectivity index (χ1v) is 10.3. The molecule has 3 aliphatic rings. The van der Waals surface area contributed by atoms with E-state index in [1.807, 2.05) is 29.2 Å². The number of carbonyl (C=O) groups excluding carboxylic acids is 2. The number of rotatable bonds is 1. The fraction of sp³-hybridized carbons (Fsp3) is 0.0417. The number of allylic oxidation sites excluding steroid dienone is 1. The number of para-hydroxylation sites is 1. The van der Waals surface area contributed by atoms with Crippen LogP contribution in [-0.2, 0) is 0 Å². The lowest BCUT2D eigenvalue weighted by atomic mass is 9.81. The summed E-state index contributed by atoms with van der Waals surface area (Å²) in [5, 5.41) is 0.643. The minimum atomic E-state index is -0.561. The van der Waals surface area contributed by atoms with Gasteiger partial charge >= 0.3 is 0 Å². The van der Waals surface area contributed by atoms with Crippen LogP contribution in [0, 0.1) is 5.82 Å². The zero-order chi connectivity index (χ0) is 20.4. The molecule has 0 spiro atoms. The van der Waals surface area contributed by atoms with Crippen molar-refractivity contribution in [2.45, 2.75) is 10.9 Å². The fourth-order valence-electron chi connectivity index (χ4n) is 4.25. The van der Waals surface area contributed by atoms with Crippen LogP contribution in [0.15, 0.2) is 94.0 Å². The number of amidine groups is 1. The van der Waals surface area contributed by atoms with Crippen molar-refractivity contribution in [1.29, 1.82) is 0 Å². The molecule has 4 nitrogen and oxygen atoms in total. The maximum Gasteiger partial charge on any atom is 0.212 e. The first-order valence-electron chi connectivity index (χ1n) is 9.46. The highest BCUT2D eigenvalue weighted by molar-refractivity contribution is 8.14. The molecule has 1 unspecified atom stereocenters. The molecule has 0 saturated heterocycles. The Morgan fingerprint density at radius 3 is 2.27 bits per heavy atom. The number of Topliss-reactive ketones (excluding diaryl/α,β-unsaturated/α-hetero) is 2. The highest BCUT2D eigenvalue weighted by Gasteiger charge is 2.46. The Morgan fingerprint density at radius 2 is 1.50 bits per heavy atom. The van der Waals surface area contributed by atoms with Crippen molar-refractivity contribution in [2.75, 3.05) is 4.90 Å². The Kier molecular flexibility index (Phi) is 3.61. The Labute approximate surface area is 175 Å². The second-order valence-electron chi connectivity index (χ2n) is 7.25. The molecule has 0 saturated carbocycles. The molecule has 144 valence electrons. The minimum Gasteiger partial charge on any atom is -0.308 e. The summed E-state index contributed by atoms with van der Waals surface area (Å²) in [4.78, 5) is 34.5. The van der Waals surface area contributed by atoms with E-state index in [2.05, 4.69) is 4.99 Å². The van der Waals surface area contributed by atoms with Gasteiger partial charge in [0.2, 0.25) is 5.78 Å². The third-order valence-electron chi connectivity index (χ3n) is 5.59. The molecular weight excluding hydrogens is 399 g/mol. The molecule has 2 aliphatic heterocycles. The highest BCUT2D eigenvalue weighted by Crippen LogP contribution is 2.51. The summed E-state index contributed by atoms with van der Waals surface area (Å²) in [6, 6.07) is 20.2. The number of ketones is 2. The van der Waals surface area contributed by atoms with Crippen molar-refractivity contribution in [3.63, 3.8) is 0 Å². The van der Waals surface area contributed by atoms with Gasteiger partial charge in [0.15, 0.2) is 11.0 Å². The number of anilines is 1. The number of fused-ring (bicyclic) bond motifs is 4. The first kappa shape index (κ1) is 17.4. The predicted octanol–water partition coefficient (Wildman–Crippen LogP) is 5.18.